The Kier molecular flexibility index (Phi) is 4.75. The van der Waals surface area contributed by atoms with Crippen molar-refractivity contribution in [3.8, 4) is 0 Å². The number of carbonyl (C=O) groups is 2. The standard InChI is InChI=1S/C7H10N3O2.CH4.Pt/c1-9-6(11)5-4-8-2-3-10(5)7(9)12;;/h5H,2-4H2,1H3;1H4;/q-1;;. The van der Waals surface area contributed by atoms with Gasteiger partial charge in [-0.3, -0.25) is 9.69 Å². The predicted octanol–water partition coefficient (Wildman–Crippen LogP) is 0.270. The van der Waals surface area contributed by atoms with Gasteiger partial charge in [-0.05, 0) is 0 Å². The topological polar surface area (TPSA) is 54.7 Å². The fourth-order valence-electron chi connectivity index (χ4n) is 1.60. The molecule has 6 heteroatoms. The number of carbonyl (C=O) groups excluding carboxylic acids is 2. The Bertz CT molecular complexity index is 223. The molecule has 0 spiro atoms. The van der Waals surface area contributed by atoms with Gasteiger partial charge in [-0.15, -0.1) is 13.1 Å². The summed E-state index contributed by atoms with van der Waals surface area (Å²) in [6.45, 7) is 1.71. The van der Waals surface area contributed by atoms with Gasteiger partial charge < -0.3 is 10.2 Å². The summed E-state index contributed by atoms with van der Waals surface area (Å²) in [4.78, 5) is 25.5. The quantitative estimate of drug-likeness (QED) is 0.568. The van der Waals surface area contributed by atoms with Gasteiger partial charge >= 0.3 is 6.03 Å². The number of likely N-dealkylation sites (N-methyl/N-ethyl adjacent to an activating group) is 1. The molecule has 0 aromatic carbocycles. The van der Waals surface area contributed by atoms with Crippen molar-refractivity contribution in [2.24, 2.45) is 0 Å². The summed E-state index contributed by atoms with van der Waals surface area (Å²) in [6.07, 6.45) is 0. The molecule has 3 amide bonds. The molecular weight excluding hydrogens is 365 g/mol. The summed E-state index contributed by atoms with van der Waals surface area (Å²) in [5, 5.41) is 4.10. The van der Waals surface area contributed by atoms with Crippen LogP contribution in [0.25, 0.3) is 5.32 Å². The molecule has 0 aliphatic carbocycles. The van der Waals surface area contributed by atoms with Crippen molar-refractivity contribution in [2.75, 3.05) is 26.7 Å². The molecule has 0 bridgehead atoms. The van der Waals surface area contributed by atoms with Crippen LogP contribution >= 0.6 is 0 Å². The maximum atomic E-state index is 11.4. The molecule has 14 heavy (non-hydrogen) atoms. The van der Waals surface area contributed by atoms with E-state index >= 15 is 0 Å². The van der Waals surface area contributed by atoms with E-state index in [1.807, 2.05) is 0 Å². The number of imide groups is 1. The molecule has 5 nitrogen and oxygen atoms in total. The van der Waals surface area contributed by atoms with Crippen LogP contribution < -0.4 is 0 Å². The average Bonchev–Trinajstić information content (AvgIpc) is 2.33. The van der Waals surface area contributed by atoms with Gasteiger partial charge in [0.25, 0.3) is 5.91 Å². The molecule has 2 aliphatic heterocycles. The summed E-state index contributed by atoms with van der Waals surface area (Å²) in [6, 6.07) is -0.490. The number of hydrogen-bond acceptors (Lipinski definition) is 2. The predicted molar refractivity (Wildman–Crippen MR) is 48.5 cm³/mol. The Morgan fingerprint density at radius 3 is 2.64 bits per heavy atom. The summed E-state index contributed by atoms with van der Waals surface area (Å²) in [5.41, 5.74) is 0. The molecule has 1 unspecified atom stereocenters. The van der Waals surface area contributed by atoms with E-state index in [0.29, 0.717) is 19.6 Å². The molecule has 2 rings (SSSR count). The molecule has 2 saturated heterocycles. The maximum Gasteiger partial charge on any atom is 0.327 e. The van der Waals surface area contributed by atoms with Crippen molar-refractivity contribution in [3.05, 3.63) is 5.32 Å². The first-order valence-electron chi connectivity index (χ1n) is 3.93. The third-order valence-corrected chi connectivity index (χ3v) is 2.33. The van der Waals surface area contributed by atoms with Crippen molar-refractivity contribution < 1.29 is 30.7 Å². The molecule has 2 heterocycles. The van der Waals surface area contributed by atoms with Crippen molar-refractivity contribution in [1.29, 1.82) is 0 Å². The van der Waals surface area contributed by atoms with E-state index in [0.717, 1.165) is 0 Å². The van der Waals surface area contributed by atoms with Crippen molar-refractivity contribution >= 4 is 11.9 Å². The van der Waals surface area contributed by atoms with Crippen LogP contribution in [0.4, 0.5) is 4.79 Å². The summed E-state index contributed by atoms with van der Waals surface area (Å²) < 4.78 is 0. The molecule has 2 fully saturated rings. The fourth-order valence-corrected chi connectivity index (χ4v) is 1.60. The molecule has 0 aromatic rings. The van der Waals surface area contributed by atoms with Crippen molar-refractivity contribution in [3.63, 3.8) is 0 Å². The number of piperazine rings is 1. The first kappa shape index (κ1) is 13.6. The molecule has 0 radical (unpaired) electrons. The van der Waals surface area contributed by atoms with Crippen LogP contribution in [0.5, 0.6) is 0 Å². The zero-order valence-electron chi connectivity index (χ0n) is 7.17. The van der Waals surface area contributed by atoms with E-state index in [9.17, 15) is 9.59 Å². The minimum atomic E-state index is -0.309. The summed E-state index contributed by atoms with van der Waals surface area (Å²) >= 11 is 0. The third-order valence-electron chi connectivity index (χ3n) is 2.33. The Labute approximate surface area is 98.1 Å². The minimum Gasteiger partial charge on any atom is -0.659 e. The maximum absolute atomic E-state index is 11.4. The second-order valence-corrected chi connectivity index (χ2v) is 3.02. The van der Waals surface area contributed by atoms with Gasteiger partial charge in [0.05, 0.1) is 6.04 Å². The van der Waals surface area contributed by atoms with Crippen LogP contribution in [0, 0.1) is 0 Å². The second-order valence-electron chi connectivity index (χ2n) is 3.02. The number of nitrogens with zero attached hydrogens (tertiary/aromatic N) is 3. The zero-order valence-corrected chi connectivity index (χ0v) is 9.45. The number of amides is 3. The van der Waals surface area contributed by atoms with Gasteiger partial charge in [-0.25, -0.2) is 4.79 Å². The van der Waals surface area contributed by atoms with Crippen LogP contribution in [-0.4, -0.2) is 54.5 Å². The van der Waals surface area contributed by atoms with Crippen LogP contribution in [0.15, 0.2) is 0 Å². The Hall–Kier alpha value is -0.412. The van der Waals surface area contributed by atoms with Crippen LogP contribution in [-0.2, 0) is 25.9 Å². The average molecular weight is 379 g/mol. The van der Waals surface area contributed by atoms with E-state index in [-0.39, 0.29) is 46.5 Å². The normalized spacial score (nSPS) is 25.4. The first-order chi connectivity index (χ1) is 5.72. The Morgan fingerprint density at radius 2 is 2.07 bits per heavy atom. The van der Waals surface area contributed by atoms with E-state index in [1.165, 1.54) is 11.9 Å². The Morgan fingerprint density at radius 1 is 1.43 bits per heavy atom. The SMILES string of the molecule is C.CN1C(=O)C2C[N-]CCN2C1=O.[Pt]. The summed E-state index contributed by atoms with van der Waals surface area (Å²) in [7, 11) is 1.52. The molecule has 84 valence electrons. The third kappa shape index (κ3) is 1.84. The van der Waals surface area contributed by atoms with Crippen LogP contribution in [0.1, 0.15) is 7.43 Å². The van der Waals surface area contributed by atoms with E-state index in [1.54, 1.807) is 4.90 Å². The molecule has 2 aliphatic rings. The van der Waals surface area contributed by atoms with Crippen molar-refractivity contribution in [1.82, 2.24) is 9.80 Å². The summed E-state index contributed by atoms with van der Waals surface area (Å²) in [5.74, 6) is -0.122. The van der Waals surface area contributed by atoms with E-state index < -0.39 is 0 Å². The van der Waals surface area contributed by atoms with Gasteiger partial charge in [-0.1, -0.05) is 7.43 Å². The van der Waals surface area contributed by atoms with Crippen LogP contribution in [0.2, 0.25) is 0 Å². The molecule has 0 N–H and O–H groups in total. The van der Waals surface area contributed by atoms with Crippen LogP contribution in [0.3, 0.4) is 0 Å². The fraction of sp³-hybridized carbons (Fsp3) is 0.750. The number of rotatable bonds is 0. The molecule has 0 saturated carbocycles. The second kappa shape index (κ2) is 4.89. The molecule has 0 aromatic heterocycles. The monoisotopic (exact) mass is 379 g/mol. The smallest absolute Gasteiger partial charge is 0.327 e. The minimum absolute atomic E-state index is 0. The van der Waals surface area contributed by atoms with Gasteiger partial charge in [0, 0.05) is 34.7 Å². The number of fused-ring (bicyclic) bond motifs is 1. The Balaban J connectivity index is 0.000000845. The number of urea groups is 1. The van der Waals surface area contributed by atoms with Crippen molar-refractivity contribution in [2.45, 2.75) is 13.5 Å². The zero-order chi connectivity index (χ0) is 8.72. The molecular formula is C8H14N3O2Pt-. The van der Waals surface area contributed by atoms with Gasteiger partial charge in [0.1, 0.15) is 0 Å². The van der Waals surface area contributed by atoms with Gasteiger partial charge in [-0.2, -0.15) is 0 Å². The van der Waals surface area contributed by atoms with Gasteiger partial charge in [0.2, 0.25) is 0 Å². The number of hydrogen-bond donors (Lipinski definition) is 0. The van der Waals surface area contributed by atoms with E-state index in [4.69, 9.17) is 0 Å². The first-order valence-corrected chi connectivity index (χ1v) is 3.93. The van der Waals surface area contributed by atoms with E-state index in [2.05, 4.69) is 5.32 Å². The van der Waals surface area contributed by atoms with Gasteiger partial charge in [0.15, 0.2) is 0 Å². The molecule has 1 atom stereocenters. The largest absolute Gasteiger partial charge is 0.659 e.